The molecule has 0 saturated carbocycles. The molecule has 1 aromatic carbocycles. The summed E-state index contributed by atoms with van der Waals surface area (Å²) in [5, 5.41) is 4.16. The average Bonchev–Trinajstić information content (AvgIpc) is 2.08. The minimum atomic E-state index is 0.510. The molecule has 2 N–H and O–H groups in total. The van der Waals surface area contributed by atoms with Gasteiger partial charge in [-0.2, -0.15) is 0 Å². The number of halogens is 1. The van der Waals surface area contributed by atoms with Gasteiger partial charge in [-0.3, -0.25) is 0 Å². The lowest BCUT2D eigenvalue weighted by Crippen LogP contribution is -1.89. The number of nitrogen functional groups attached to an aromatic ring is 1. The summed E-state index contributed by atoms with van der Waals surface area (Å²) in [6.07, 6.45) is 0. The standard InChI is InChI=1S/C11H12ClNS/c1-8(2)14-6-5-9-3-4-10(12)7-11(9)13/h3-4,7-8H,13H2,1-2H3. The molecule has 0 radical (unpaired) electrons. The second-order valence-corrected chi connectivity index (χ2v) is 4.94. The third kappa shape index (κ3) is 3.53. The van der Waals surface area contributed by atoms with Crippen LogP contribution in [0.3, 0.4) is 0 Å². The molecule has 0 aromatic heterocycles. The summed E-state index contributed by atoms with van der Waals surface area (Å²) in [6, 6.07) is 5.35. The molecule has 1 rings (SSSR count). The Morgan fingerprint density at radius 1 is 1.43 bits per heavy atom. The largest absolute Gasteiger partial charge is 0.398 e. The van der Waals surface area contributed by atoms with Gasteiger partial charge in [-0.15, -0.1) is 0 Å². The Hall–Kier alpha value is -0.780. The minimum absolute atomic E-state index is 0.510. The van der Waals surface area contributed by atoms with Crippen LogP contribution in [0, 0.1) is 11.2 Å². The van der Waals surface area contributed by atoms with Crippen LogP contribution >= 0.6 is 23.4 Å². The summed E-state index contributed by atoms with van der Waals surface area (Å²) in [5.74, 6) is 3.00. The molecule has 0 fully saturated rings. The average molecular weight is 226 g/mol. The van der Waals surface area contributed by atoms with Crippen molar-refractivity contribution in [1.82, 2.24) is 0 Å². The van der Waals surface area contributed by atoms with E-state index in [-0.39, 0.29) is 0 Å². The molecular weight excluding hydrogens is 214 g/mol. The summed E-state index contributed by atoms with van der Waals surface area (Å²) >= 11 is 7.36. The smallest absolute Gasteiger partial charge is 0.0488 e. The van der Waals surface area contributed by atoms with Gasteiger partial charge in [-0.1, -0.05) is 43.1 Å². The van der Waals surface area contributed by atoms with Gasteiger partial charge in [0.25, 0.3) is 0 Å². The van der Waals surface area contributed by atoms with Crippen LogP contribution in [0.15, 0.2) is 18.2 Å². The van der Waals surface area contributed by atoms with E-state index < -0.39 is 0 Å². The molecule has 0 aliphatic heterocycles. The highest BCUT2D eigenvalue weighted by molar-refractivity contribution is 8.04. The second-order valence-electron chi connectivity index (χ2n) is 3.13. The summed E-state index contributed by atoms with van der Waals surface area (Å²) < 4.78 is 0. The number of nitrogens with two attached hydrogens (primary N) is 1. The zero-order chi connectivity index (χ0) is 10.6. The van der Waals surface area contributed by atoms with Gasteiger partial charge in [0.15, 0.2) is 0 Å². The number of anilines is 1. The lowest BCUT2D eigenvalue weighted by molar-refractivity contribution is 1.12. The SMILES string of the molecule is CC(C)SC#Cc1ccc(Cl)cc1N. The predicted octanol–water partition coefficient (Wildman–Crippen LogP) is 3.37. The first-order valence-corrected chi connectivity index (χ1v) is 5.57. The highest BCUT2D eigenvalue weighted by Crippen LogP contribution is 2.17. The highest BCUT2D eigenvalue weighted by atomic mass is 35.5. The van der Waals surface area contributed by atoms with E-state index >= 15 is 0 Å². The molecule has 0 spiro atoms. The molecule has 1 nitrogen and oxygen atoms in total. The maximum absolute atomic E-state index is 5.77. The van der Waals surface area contributed by atoms with Gasteiger partial charge in [0.2, 0.25) is 0 Å². The molecule has 3 heteroatoms. The molecule has 0 bridgehead atoms. The van der Waals surface area contributed by atoms with Crippen molar-refractivity contribution in [3.63, 3.8) is 0 Å². The van der Waals surface area contributed by atoms with Crippen molar-refractivity contribution >= 4 is 29.1 Å². The minimum Gasteiger partial charge on any atom is -0.398 e. The van der Waals surface area contributed by atoms with E-state index in [4.69, 9.17) is 17.3 Å². The summed E-state index contributed by atoms with van der Waals surface area (Å²) in [7, 11) is 0. The summed E-state index contributed by atoms with van der Waals surface area (Å²) in [4.78, 5) is 0. The number of hydrogen-bond acceptors (Lipinski definition) is 2. The van der Waals surface area contributed by atoms with Crippen LogP contribution in [0.1, 0.15) is 19.4 Å². The van der Waals surface area contributed by atoms with Crippen molar-refractivity contribution in [3.05, 3.63) is 28.8 Å². The molecule has 0 heterocycles. The van der Waals surface area contributed by atoms with Gasteiger partial charge in [0, 0.05) is 21.5 Å². The Kier molecular flexibility index (Phi) is 4.19. The third-order valence-electron chi connectivity index (χ3n) is 1.49. The Labute approximate surface area is 94.0 Å². The van der Waals surface area contributed by atoms with E-state index in [1.807, 2.05) is 6.07 Å². The Bertz CT molecular complexity index is 377. The van der Waals surface area contributed by atoms with Gasteiger partial charge in [0.1, 0.15) is 0 Å². The summed E-state index contributed by atoms with van der Waals surface area (Å²) in [6.45, 7) is 4.20. The number of rotatable bonds is 1. The fourth-order valence-corrected chi connectivity index (χ4v) is 1.43. The zero-order valence-corrected chi connectivity index (χ0v) is 9.75. The zero-order valence-electron chi connectivity index (χ0n) is 8.17. The van der Waals surface area contributed by atoms with E-state index in [1.54, 1.807) is 23.9 Å². The monoisotopic (exact) mass is 225 g/mol. The lowest BCUT2D eigenvalue weighted by atomic mass is 10.2. The van der Waals surface area contributed by atoms with E-state index in [0.29, 0.717) is 16.0 Å². The van der Waals surface area contributed by atoms with Crippen LogP contribution < -0.4 is 5.73 Å². The molecule has 0 unspecified atom stereocenters. The first-order chi connectivity index (χ1) is 6.59. The van der Waals surface area contributed by atoms with Crippen LogP contribution in [-0.4, -0.2) is 5.25 Å². The fourth-order valence-electron chi connectivity index (χ4n) is 0.850. The number of benzene rings is 1. The van der Waals surface area contributed by atoms with Gasteiger partial charge in [-0.25, -0.2) is 0 Å². The van der Waals surface area contributed by atoms with Crippen LogP contribution in [-0.2, 0) is 0 Å². The van der Waals surface area contributed by atoms with Gasteiger partial charge < -0.3 is 5.73 Å². The van der Waals surface area contributed by atoms with Crippen LogP contribution in [0.2, 0.25) is 5.02 Å². The van der Waals surface area contributed by atoms with E-state index in [9.17, 15) is 0 Å². The van der Waals surface area contributed by atoms with E-state index in [2.05, 4.69) is 25.0 Å². The molecule has 0 saturated heterocycles. The molecule has 14 heavy (non-hydrogen) atoms. The highest BCUT2D eigenvalue weighted by Gasteiger charge is 1.96. The molecule has 0 aliphatic carbocycles. The Balaban J connectivity index is 2.80. The number of thioether (sulfide) groups is 1. The Morgan fingerprint density at radius 3 is 2.71 bits per heavy atom. The topological polar surface area (TPSA) is 26.0 Å². The quantitative estimate of drug-likeness (QED) is 0.586. The maximum Gasteiger partial charge on any atom is 0.0488 e. The van der Waals surface area contributed by atoms with Crippen molar-refractivity contribution in [2.75, 3.05) is 5.73 Å². The predicted molar refractivity (Wildman–Crippen MR) is 65.5 cm³/mol. The van der Waals surface area contributed by atoms with Crippen molar-refractivity contribution < 1.29 is 0 Å². The first kappa shape index (κ1) is 11.3. The normalized spacial score (nSPS) is 9.71. The van der Waals surface area contributed by atoms with Gasteiger partial charge in [0.05, 0.1) is 0 Å². The second kappa shape index (κ2) is 5.19. The van der Waals surface area contributed by atoms with E-state index in [0.717, 1.165) is 5.56 Å². The lowest BCUT2D eigenvalue weighted by Gasteiger charge is -1.98. The maximum atomic E-state index is 5.77. The van der Waals surface area contributed by atoms with Crippen LogP contribution in [0.5, 0.6) is 0 Å². The summed E-state index contributed by atoms with van der Waals surface area (Å²) in [5.41, 5.74) is 7.21. The van der Waals surface area contributed by atoms with Crippen LogP contribution in [0.4, 0.5) is 5.69 Å². The van der Waals surface area contributed by atoms with Gasteiger partial charge >= 0.3 is 0 Å². The first-order valence-electron chi connectivity index (χ1n) is 4.31. The molecular formula is C11H12ClNS. The Morgan fingerprint density at radius 2 is 2.14 bits per heavy atom. The fraction of sp³-hybridized carbons (Fsp3) is 0.273. The van der Waals surface area contributed by atoms with Crippen molar-refractivity contribution in [2.45, 2.75) is 19.1 Å². The van der Waals surface area contributed by atoms with Crippen LogP contribution in [0.25, 0.3) is 0 Å². The van der Waals surface area contributed by atoms with Crippen molar-refractivity contribution in [2.24, 2.45) is 0 Å². The number of hydrogen-bond donors (Lipinski definition) is 1. The van der Waals surface area contributed by atoms with Crippen molar-refractivity contribution in [1.29, 1.82) is 0 Å². The molecule has 74 valence electrons. The molecule has 0 amide bonds. The third-order valence-corrected chi connectivity index (χ3v) is 2.42. The molecule has 1 aromatic rings. The van der Waals surface area contributed by atoms with Crippen molar-refractivity contribution in [3.8, 4) is 11.2 Å². The van der Waals surface area contributed by atoms with Gasteiger partial charge in [-0.05, 0) is 23.5 Å². The molecule has 0 aliphatic rings. The molecule has 0 atom stereocenters. The van der Waals surface area contributed by atoms with E-state index in [1.165, 1.54) is 0 Å².